The molecule has 3 aliphatic rings. The normalized spacial score (nSPS) is 27.8. The number of hydrogen-bond donors (Lipinski definition) is 0. The molecule has 2 amide bonds. The van der Waals surface area contributed by atoms with Crippen LogP contribution in [0, 0.1) is 11.8 Å². The highest BCUT2D eigenvalue weighted by Crippen LogP contribution is 2.70. The van der Waals surface area contributed by atoms with Crippen molar-refractivity contribution >= 4 is 17.5 Å². The minimum atomic E-state index is -1.10. The number of anilines is 1. The average Bonchev–Trinajstić information content (AvgIpc) is 3.53. The summed E-state index contributed by atoms with van der Waals surface area (Å²) in [6.07, 6.45) is 0. The van der Waals surface area contributed by atoms with Crippen LogP contribution in [0.3, 0.4) is 0 Å². The van der Waals surface area contributed by atoms with Crippen molar-refractivity contribution in [3.05, 3.63) is 131 Å². The van der Waals surface area contributed by atoms with Gasteiger partial charge in [0, 0.05) is 0 Å². The van der Waals surface area contributed by atoms with Gasteiger partial charge in [-0.15, -0.1) is 0 Å². The third-order valence-electron chi connectivity index (χ3n) is 7.96. The SMILES string of the molecule is COc1ccccc1N1C(=O)[C@@H]2[C@H](C1=O)[C@@]1(c3ccccc3)O[C@]2(c2ccccc2)c2ccccc21. The number of amides is 2. The van der Waals surface area contributed by atoms with Gasteiger partial charge in [-0.25, -0.2) is 4.90 Å². The van der Waals surface area contributed by atoms with Crippen LogP contribution in [-0.2, 0) is 25.5 Å². The molecular formula is C31H23NO4. The maximum absolute atomic E-state index is 14.4. The van der Waals surface area contributed by atoms with E-state index in [9.17, 15) is 9.59 Å². The molecular weight excluding hydrogens is 450 g/mol. The summed E-state index contributed by atoms with van der Waals surface area (Å²) in [7, 11) is 1.55. The molecule has 4 aromatic rings. The van der Waals surface area contributed by atoms with Gasteiger partial charge in [-0.2, -0.15) is 0 Å². The minimum Gasteiger partial charge on any atom is -0.495 e. The Kier molecular flexibility index (Phi) is 4.33. The smallest absolute Gasteiger partial charge is 0.241 e. The Hall–Kier alpha value is -4.22. The molecule has 0 saturated carbocycles. The molecule has 2 saturated heterocycles. The highest BCUT2D eigenvalue weighted by molar-refractivity contribution is 6.24. The van der Waals surface area contributed by atoms with Crippen LogP contribution in [0.4, 0.5) is 5.69 Å². The van der Waals surface area contributed by atoms with Gasteiger partial charge in [-0.3, -0.25) is 9.59 Å². The summed E-state index contributed by atoms with van der Waals surface area (Å²) in [5.41, 5.74) is 1.87. The van der Waals surface area contributed by atoms with E-state index in [4.69, 9.17) is 9.47 Å². The summed E-state index contributed by atoms with van der Waals surface area (Å²) in [4.78, 5) is 30.1. The van der Waals surface area contributed by atoms with Crippen molar-refractivity contribution in [2.24, 2.45) is 11.8 Å². The Balaban J connectivity index is 1.55. The number of nitrogens with zero attached hydrogens (tertiary/aromatic N) is 1. The monoisotopic (exact) mass is 473 g/mol. The lowest BCUT2D eigenvalue weighted by atomic mass is 9.61. The van der Waals surface area contributed by atoms with E-state index in [1.807, 2.05) is 97.1 Å². The Morgan fingerprint density at radius 1 is 0.639 bits per heavy atom. The molecule has 36 heavy (non-hydrogen) atoms. The number of imide groups is 1. The van der Waals surface area contributed by atoms with Crippen LogP contribution in [0.1, 0.15) is 22.3 Å². The van der Waals surface area contributed by atoms with Crippen molar-refractivity contribution in [1.29, 1.82) is 0 Å². The number of carbonyl (C=O) groups excluding carboxylic acids is 2. The largest absolute Gasteiger partial charge is 0.495 e. The van der Waals surface area contributed by atoms with Crippen molar-refractivity contribution in [3.63, 3.8) is 0 Å². The summed E-state index contributed by atoms with van der Waals surface area (Å²) >= 11 is 0. The van der Waals surface area contributed by atoms with Gasteiger partial charge >= 0.3 is 0 Å². The Morgan fingerprint density at radius 2 is 1.08 bits per heavy atom. The van der Waals surface area contributed by atoms with Gasteiger partial charge in [0.25, 0.3) is 0 Å². The fraction of sp³-hybridized carbons (Fsp3) is 0.161. The molecule has 3 heterocycles. The molecule has 3 aliphatic heterocycles. The second-order valence-electron chi connectivity index (χ2n) is 9.49. The molecule has 0 aromatic heterocycles. The van der Waals surface area contributed by atoms with Crippen LogP contribution >= 0.6 is 0 Å². The zero-order valence-corrected chi connectivity index (χ0v) is 19.6. The molecule has 5 heteroatoms. The van der Waals surface area contributed by atoms with Crippen LogP contribution in [0.2, 0.25) is 0 Å². The molecule has 0 N–H and O–H groups in total. The average molecular weight is 474 g/mol. The van der Waals surface area contributed by atoms with Crippen molar-refractivity contribution in [2.45, 2.75) is 11.2 Å². The third kappa shape index (κ3) is 2.38. The number of para-hydroxylation sites is 2. The number of hydrogen-bond acceptors (Lipinski definition) is 4. The number of methoxy groups -OCH3 is 1. The van der Waals surface area contributed by atoms with Crippen molar-refractivity contribution < 1.29 is 19.1 Å². The van der Waals surface area contributed by atoms with Gasteiger partial charge in [0.2, 0.25) is 11.8 Å². The highest BCUT2D eigenvalue weighted by atomic mass is 16.5. The maximum Gasteiger partial charge on any atom is 0.241 e. The molecule has 7 rings (SSSR count). The summed E-state index contributed by atoms with van der Waals surface area (Å²) in [6, 6.07) is 34.8. The first kappa shape index (κ1) is 21.1. The lowest BCUT2D eigenvalue weighted by molar-refractivity contribution is -0.131. The van der Waals surface area contributed by atoms with Gasteiger partial charge in [0.1, 0.15) is 17.0 Å². The zero-order valence-electron chi connectivity index (χ0n) is 19.6. The van der Waals surface area contributed by atoms with E-state index in [1.165, 1.54) is 4.90 Å². The summed E-state index contributed by atoms with van der Waals surface area (Å²) in [6.45, 7) is 0. The van der Waals surface area contributed by atoms with E-state index in [0.29, 0.717) is 11.4 Å². The Labute approximate surface area is 208 Å². The topological polar surface area (TPSA) is 55.8 Å². The third-order valence-corrected chi connectivity index (χ3v) is 7.96. The van der Waals surface area contributed by atoms with Crippen LogP contribution in [0.25, 0.3) is 0 Å². The van der Waals surface area contributed by atoms with Crippen LogP contribution in [-0.4, -0.2) is 18.9 Å². The fourth-order valence-corrected chi connectivity index (χ4v) is 6.66. The Morgan fingerprint density at radius 3 is 1.58 bits per heavy atom. The van der Waals surface area contributed by atoms with E-state index < -0.39 is 23.0 Å². The van der Waals surface area contributed by atoms with Gasteiger partial charge < -0.3 is 9.47 Å². The fourth-order valence-electron chi connectivity index (χ4n) is 6.66. The summed E-state index contributed by atoms with van der Waals surface area (Å²) in [5.74, 6) is -1.52. The molecule has 2 fully saturated rings. The van der Waals surface area contributed by atoms with E-state index in [2.05, 4.69) is 0 Å². The molecule has 5 nitrogen and oxygen atoms in total. The molecule has 0 radical (unpaired) electrons. The first-order valence-electron chi connectivity index (χ1n) is 12.1. The number of carbonyl (C=O) groups is 2. The molecule has 2 bridgehead atoms. The molecule has 0 aliphatic carbocycles. The molecule has 0 spiro atoms. The van der Waals surface area contributed by atoms with E-state index in [-0.39, 0.29) is 11.8 Å². The number of ether oxygens (including phenoxy) is 2. The second-order valence-corrected chi connectivity index (χ2v) is 9.49. The zero-order chi connectivity index (χ0) is 24.5. The van der Waals surface area contributed by atoms with Crippen molar-refractivity contribution in [1.82, 2.24) is 0 Å². The summed E-state index contributed by atoms with van der Waals surface area (Å²) in [5, 5.41) is 0. The van der Waals surface area contributed by atoms with Gasteiger partial charge in [-0.05, 0) is 34.4 Å². The second kappa shape index (κ2) is 7.39. The first-order valence-corrected chi connectivity index (χ1v) is 12.1. The van der Waals surface area contributed by atoms with Gasteiger partial charge in [0.15, 0.2) is 0 Å². The van der Waals surface area contributed by atoms with Gasteiger partial charge in [0.05, 0.1) is 24.6 Å². The standard InChI is InChI=1S/C31H23NO4/c1-35-25-19-11-10-18-24(25)32-28(33)26-27(29(32)34)31(21-14-6-3-7-15-21)23-17-9-8-16-22(23)30(26,36-31)20-12-4-2-5-13-20/h2-19,26-27H,1H3/t26-,27+,30+,31-. The lowest BCUT2D eigenvalue weighted by Gasteiger charge is -2.34. The predicted octanol–water partition coefficient (Wildman–Crippen LogP) is 5.03. The van der Waals surface area contributed by atoms with Gasteiger partial charge in [-0.1, -0.05) is 97.1 Å². The highest BCUT2D eigenvalue weighted by Gasteiger charge is 2.78. The summed E-state index contributed by atoms with van der Waals surface area (Å²) < 4.78 is 12.7. The number of benzene rings is 4. The van der Waals surface area contributed by atoms with Crippen LogP contribution < -0.4 is 9.64 Å². The Bertz CT molecular complexity index is 1430. The number of rotatable bonds is 4. The van der Waals surface area contributed by atoms with Crippen molar-refractivity contribution in [3.8, 4) is 5.75 Å². The van der Waals surface area contributed by atoms with Crippen LogP contribution in [0.5, 0.6) is 5.75 Å². The molecule has 4 aromatic carbocycles. The van der Waals surface area contributed by atoms with Crippen molar-refractivity contribution in [2.75, 3.05) is 12.0 Å². The molecule has 4 atom stereocenters. The number of fused-ring (bicyclic) bond motifs is 8. The minimum absolute atomic E-state index is 0.273. The quantitative estimate of drug-likeness (QED) is 0.390. The van der Waals surface area contributed by atoms with E-state index in [0.717, 1.165) is 22.3 Å². The van der Waals surface area contributed by atoms with Crippen LogP contribution in [0.15, 0.2) is 109 Å². The first-order chi connectivity index (χ1) is 17.6. The van der Waals surface area contributed by atoms with E-state index >= 15 is 0 Å². The molecule has 0 unspecified atom stereocenters. The molecule has 176 valence electrons. The predicted molar refractivity (Wildman–Crippen MR) is 134 cm³/mol. The van der Waals surface area contributed by atoms with E-state index in [1.54, 1.807) is 19.2 Å². The maximum atomic E-state index is 14.4. The lowest BCUT2D eigenvalue weighted by Crippen LogP contribution is -2.42.